The Morgan fingerprint density at radius 2 is 1.04 bits per heavy atom. The van der Waals surface area contributed by atoms with Crippen molar-refractivity contribution < 1.29 is 4.42 Å². The highest BCUT2D eigenvalue weighted by atomic mass is 16.3. The van der Waals surface area contributed by atoms with Crippen LogP contribution < -0.4 is 4.90 Å². The number of para-hydroxylation sites is 3. The van der Waals surface area contributed by atoms with Gasteiger partial charge in [-0.2, -0.15) is 0 Å². The molecule has 0 radical (unpaired) electrons. The average Bonchev–Trinajstić information content (AvgIpc) is 3.77. The van der Waals surface area contributed by atoms with E-state index in [1.54, 1.807) is 0 Å². The third-order valence-electron chi connectivity index (χ3n) is 10.8. The van der Waals surface area contributed by atoms with Crippen molar-refractivity contribution in [2.75, 3.05) is 4.90 Å². The molecule has 0 N–H and O–H groups in total. The fourth-order valence-electron chi connectivity index (χ4n) is 8.41. The van der Waals surface area contributed by atoms with Crippen LogP contribution >= 0.6 is 0 Å². The van der Waals surface area contributed by atoms with E-state index in [1.807, 2.05) is 12.1 Å². The highest BCUT2D eigenvalue weighted by Gasteiger charge is 2.22. The van der Waals surface area contributed by atoms with E-state index in [0.29, 0.717) is 0 Å². The van der Waals surface area contributed by atoms with Gasteiger partial charge < -0.3 is 13.9 Å². The second-order valence-corrected chi connectivity index (χ2v) is 13.7. The lowest BCUT2D eigenvalue weighted by atomic mass is 9.93. The summed E-state index contributed by atoms with van der Waals surface area (Å²) < 4.78 is 8.83. The van der Waals surface area contributed by atoms with E-state index in [9.17, 15) is 0 Å². The first-order chi connectivity index (χ1) is 26.3. The smallest absolute Gasteiger partial charge is 0.137 e. The molecule has 3 heteroatoms. The molecule has 0 atom stereocenters. The highest BCUT2D eigenvalue weighted by Crippen LogP contribution is 2.45. The predicted octanol–water partition coefficient (Wildman–Crippen LogP) is 14.1. The zero-order valence-electron chi connectivity index (χ0n) is 28.8. The number of nitrogens with zero attached hydrogens (tertiary/aromatic N) is 2. The molecule has 0 spiro atoms. The molecule has 0 aliphatic rings. The van der Waals surface area contributed by atoms with Gasteiger partial charge >= 0.3 is 0 Å². The van der Waals surface area contributed by atoms with Crippen LogP contribution in [0.15, 0.2) is 199 Å². The molecule has 9 aromatic carbocycles. The van der Waals surface area contributed by atoms with Gasteiger partial charge in [-0.3, -0.25) is 0 Å². The predicted molar refractivity (Wildman–Crippen MR) is 223 cm³/mol. The van der Waals surface area contributed by atoms with E-state index < -0.39 is 0 Å². The van der Waals surface area contributed by atoms with Crippen LogP contribution in [0.3, 0.4) is 0 Å². The number of aromatic nitrogens is 1. The van der Waals surface area contributed by atoms with E-state index in [0.717, 1.165) is 50.2 Å². The average molecular weight is 677 g/mol. The van der Waals surface area contributed by atoms with Crippen LogP contribution in [0.5, 0.6) is 0 Å². The van der Waals surface area contributed by atoms with Crippen LogP contribution in [0.1, 0.15) is 0 Å². The Morgan fingerprint density at radius 1 is 0.396 bits per heavy atom. The molecule has 11 rings (SSSR count). The Bertz CT molecular complexity index is 3170. The monoisotopic (exact) mass is 676 g/mol. The molecule has 248 valence electrons. The van der Waals surface area contributed by atoms with Crippen LogP contribution in [0.25, 0.3) is 82.1 Å². The summed E-state index contributed by atoms with van der Waals surface area (Å²) in [5.41, 5.74) is 10.8. The summed E-state index contributed by atoms with van der Waals surface area (Å²) in [6.45, 7) is 0. The zero-order chi connectivity index (χ0) is 34.9. The maximum Gasteiger partial charge on any atom is 0.137 e. The Morgan fingerprint density at radius 3 is 1.89 bits per heavy atom. The Kier molecular flexibility index (Phi) is 6.55. The second kappa shape index (κ2) is 11.7. The van der Waals surface area contributed by atoms with Gasteiger partial charge in [-0.1, -0.05) is 121 Å². The summed E-state index contributed by atoms with van der Waals surface area (Å²) in [5.74, 6) is 0. The lowest BCUT2D eigenvalue weighted by molar-refractivity contribution is 0.669. The molecule has 53 heavy (non-hydrogen) atoms. The summed E-state index contributed by atoms with van der Waals surface area (Å²) in [7, 11) is 0. The summed E-state index contributed by atoms with van der Waals surface area (Å²) in [6, 6.07) is 69.7. The number of hydrogen-bond donors (Lipinski definition) is 0. The topological polar surface area (TPSA) is 21.3 Å². The Balaban J connectivity index is 1.15. The summed E-state index contributed by atoms with van der Waals surface area (Å²) >= 11 is 0. The van der Waals surface area contributed by atoms with Gasteiger partial charge in [0.2, 0.25) is 0 Å². The molecule has 2 aromatic heterocycles. The van der Waals surface area contributed by atoms with Crippen LogP contribution in [-0.2, 0) is 0 Å². The lowest BCUT2D eigenvalue weighted by Crippen LogP contribution is -2.10. The maximum absolute atomic E-state index is 6.46. The van der Waals surface area contributed by atoms with Gasteiger partial charge in [0.05, 0.1) is 16.7 Å². The zero-order valence-corrected chi connectivity index (χ0v) is 28.8. The molecule has 0 aliphatic heterocycles. The summed E-state index contributed by atoms with van der Waals surface area (Å²) in [5, 5.41) is 9.68. The first kappa shape index (κ1) is 29.6. The molecule has 0 aliphatic carbocycles. The third-order valence-corrected chi connectivity index (χ3v) is 10.8. The van der Waals surface area contributed by atoms with E-state index >= 15 is 0 Å². The summed E-state index contributed by atoms with van der Waals surface area (Å²) in [6.07, 6.45) is 0. The van der Waals surface area contributed by atoms with Crippen LogP contribution in [0.4, 0.5) is 17.1 Å². The summed E-state index contributed by atoms with van der Waals surface area (Å²) in [4.78, 5) is 2.39. The van der Waals surface area contributed by atoms with Crippen molar-refractivity contribution in [3.8, 4) is 16.8 Å². The van der Waals surface area contributed by atoms with E-state index in [1.165, 1.54) is 49.0 Å². The SMILES string of the molecule is c1ccc(-n2c3ccccc3c3c(N(c4ccc(-c5cc6ccccc6c6ccccc56)cc4)c4ccc5c(c4)oc4ccccc45)cccc32)cc1. The van der Waals surface area contributed by atoms with Crippen LogP contribution in [-0.4, -0.2) is 4.57 Å². The minimum atomic E-state index is 0.867. The van der Waals surface area contributed by atoms with Gasteiger partial charge in [-0.15, -0.1) is 0 Å². The van der Waals surface area contributed by atoms with E-state index in [-0.39, 0.29) is 0 Å². The number of benzene rings is 9. The van der Waals surface area contributed by atoms with Gasteiger partial charge in [0, 0.05) is 44.7 Å². The molecule has 0 amide bonds. The molecule has 2 heterocycles. The molecule has 3 nitrogen and oxygen atoms in total. The van der Waals surface area contributed by atoms with Gasteiger partial charge in [0.25, 0.3) is 0 Å². The fourth-order valence-corrected chi connectivity index (χ4v) is 8.41. The fraction of sp³-hybridized carbons (Fsp3) is 0. The Labute approximate surface area is 306 Å². The first-order valence-electron chi connectivity index (χ1n) is 18.1. The molecular weight excluding hydrogens is 645 g/mol. The lowest BCUT2D eigenvalue weighted by Gasteiger charge is -2.27. The molecule has 11 aromatic rings. The van der Waals surface area contributed by atoms with E-state index in [2.05, 4.69) is 191 Å². The standard InChI is InChI=1S/C50H32N2O/c1-2-14-35(15-3-1)52-45-21-10-8-20-43(45)50-46(22-12-23-47(50)52)51(37-29-30-42-41-19-9-11-24-48(41)53-49(42)32-37)36-27-25-33(26-28-36)44-31-34-13-4-5-16-38(34)39-17-6-7-18-40(39)44/h1-32H. The van der Waals surface area contributed by atoms with Crippen molar-refractivity contribution in [1.82, 2.24) is 4.57 Å². The third kappa shape index (κ3) is 4.61. The Hall–Kier alpha value is -7.10. The van der Waals surface area contributed by atoms with E-state index in [4.69, 9.17) is 4.42 Å². The normalized spacial score (nSPS) is 11.8. The number of fused-ring (bicyclic) bond motifs is 9. The van der Waals surface area contributed by atoms with Gasteiger partial charge in [0.1, 0.15) is 11.2 Å². The first-order valence-corrected chi connectivity index (χ1v) is 18.1. The molecule has 0 bridgehead atoms. The van der Waals surface area contributed by atoms with Crippen molar-refractivity contribution in [3.63, 3.8) is 0 Å². The van der Waals surface area contributed by atoms with Crippen LogP contribution in [0, 0.1) is 0 Å². The molecule has 0 unspecified atom stereocenters. The number of anilines is 3. The molecular formula is C50H32N2O. The quantitative estimate of drug-likeness (QED) is 0.169. The van der Waals surface area contributed by atoms with Crippen molar-refractivity contribution in [1.29, 1.82) is 0 Å². The minimum absolute atomic E-state index is 0.867. The van der Waals surface area contributed by atoms with Crippen LogP contribution in [0.2, 0.25) is 0 Å². The maximum atomic E-state index is 6.46. The molecule has 0 fully saturated rings. The molecule has 0 saturated carbocycles. The highest BCUT2D eigenvalue weighted by molar-refractivity contribution is 6.17. The number of furan rings is 1. The second-order valence-electron chi connectivity index (χ2n) is 13.7. The van der Waals surface area contributed by atoms with Gasteiger partial charge in [0.15, 0.2) is 0 Å². The van der Waals surface area contributed by atoms with Crippen molar-refractivity contribution in [3.05, 3.63) is 194 Å². The van der Waals surface area contributed by atoms with Gasteiger partial charge in [-0.25, -0.2) is 0 Å². The van der Waals surface area contributed by atoms with Crippen molar-refractivity contribution >= 4 is 82.4 Å². The minimum Gasteiger partial charge on any atom is -0.456 e. The van der Waals surface area contributed by atoms with Gasteiger partial charge in [-0.05, 0) is 99.4 Å². The largest absolute Gasteiger partial charge is 0.456 e. The van der Waals surface area contributed by atoms with Crippen molar-refractivity contribution in [2.24, 2.45) is 0 Å². The number of hydrogen-bond acceptors (Lipinski definition) is 2. The van der Waals surface area contributed by atoms with Crippen molar-refractivity contribution in [2.45, 2.75) is 0 Å². The number of rotatable bonds is 5. The molecule has 0 saturated heterocycles.